The van der Waals surface area contributed by atoms with Crippen molar-refractivity contribution in [3.63, 3.8) is 0 Å². The number of nitrogens with one attached hydrogen (secondary N) is 2. The lowest BCUT2D eigenvalue weighted by atomic mass is 10.2. The van der Waals surface area contributed by atoms with Crippen molar-refractivity contribution in [2.24, 2.45) is 0 Å². The lowest BCUT2D eigenvalue weighted by Crippen LogP contribution is -2.37. The Bertz CT molecular complexity index is 529. The number of aliphatic carboxylic acids is 1. The number of carboxylic acids is 1. The zero-order valence-corrected chi connectivity index (χ0v) is 11.5. The normalized spacial score (nSPS) is 17.8. The summed E-state index contributed by atoms with van der Waals surface area (Å²) in [6.07, 6.45) is 2.06. The summed E-state index contributed by atoms with van der Waals surface area (Å²) in [5, 5.41) is 16.1. The summed E-state index contributed by atoms with van der Waals surface area (Å²) < 4.78 is 0. The highest BCUT2D eigenvalue weighted by molar-refractivity contribution is 7.13. The molecular weight excluding hydrogens is 282 g/mol. The number of carbonyl (C=O) groups is 3. The topological polar surface area (TPSA) is 108 Å². The summed E-state index contributed by atoms with van der Waals surface area (Å²) in [6.45, 7) is 0. The molecule has 0 bridgehead atoms. The number of rotatable bonds is 6. The first-order chi connectivity index (χ1) is 9.54. The van der Waals surface area contributed by atoms with E-state index in [1.54, 1.807) is 5.38 Å². The third-order valence-corrected chi connectivity index (χ3v) is 3.72. The smallest absolute Gasteiger partial charge is 0.303 e. The van der Waals surface area contributed by atoms with Crippen LogP contribution in [0.1, 0.15) is 31.4 Å². The van der Waals surface area contributed by atoms with Crippen LogP contribution < -0.4 is 10.6 Å². The van der Waals surface area contributed by atoms with Crippen LogP contribution in [0.3, 0.4) is 0 Å². The number of aryl methyl sites for hydroxylation is 1. The maximum absolute atomic E-state index is 11.8. The molecule has 2 heterocycles. The molecule has 8 heteroatoms. The molecule has 1 aromatic heterocycles. The van der Waals surface area contributed by atoms with E-state index in [2.05, 4.69) is 15.6 Å². The van der Waals surface area contributed by atoms with Gasteiger partial charge in [0.1, 0.15) is 6.04 Å². The molecule has 0 saturated carbocycles. The number of thiazole rings is 1. The Balaban J connectivity index is 1.81. The number of anilines is 1. The predicted octanol–water partition coefficient (Wildman–Crippen LogP) is 0.767. The van der Waals surface area contributed by atoms with Crippen LogP contribution in [0, 0.1) is 0 Å². The minimum atomic E-state index is -0.828. The molecule has 0 aromatic carbocycles. The highest BCUT2D eigenvalue weighted by Crippen LogP contribution is 2.18. The largest absolute Gasteiger partial charge is 0.481 e. The second kappa shape index (κ2) is 6.47. The van der Waals surface area contributed by atoms with Gasteiger partial charge in [0.25, 0.3) is 0 Å². The standard InChI is InChI=1S/C12H15N3O4S/c16-9-5-4-8(14-9)11(19)15-12-13-7(6-20-12)2-1-3-10(17)18/h6,8H,1-5H2,(H,14,16)(H,17,18)(H,13,15,19)/t8-/m1/s1. The quantitative estimate of drug-likeness (QED) is 0.718. The van der Waals surface area contributed by atoms with Gasteiger partial charge >= 0.3 is 5.97 Å². The van der Waals surface area contributed by atoms with Crippen LogP contribution in [0.5, 0.6) is 0 Å². The Kier molecular flexibility index (Phi) is 4.67. The molecule has 7 nitrogen and oxygen atoms in total. The van der Waals surface area contributed by atoms with Crippen molar-refractivity contribution in [2.45, 2.75) is 38.1 Å². The lowest BCUT2D eigenvalue weighted by Gasteiger charge is -2.08. The maximum Gasteiger partial charge on any atom is 0.303 e. The molecule has 0 spiro atoms. The fourth-order valence-corrected chi connectivity index (χ4v) is 2.65. The van der Waals surface area contributed by atoms with Crippen molar-refractivity contribution in [1.29, 1.82) is 0 Å². The van der Waals surface area contributed by atoms with Gasteiger partial charge in [-0.15, -0.1) is 11.3 Å². The van der Waals surface area contributed by atoms with Crippen LogP contribution >= 0.6 is 11.3 Å². The van der Waals surface area contributed by atoms with Crippen molar-refractivity contribution >= 4 is 34.3 Å². The zero-order valence-electron chi connectivity index (χ0n) is 10.7. The second-order valence-electron chi connectivity index (χ2n) is 4.54. The fourth-order valence-electron chi connectivity index (χ4n) is 1.90. The Morgan fingerprint density at radius 1 is 1.55 bits per heavy atom. The van der Waals surface area contributed by atoms with Gasteiger partial charge in [-0.1, -0.05) is 0 Å². The molecule has 2 rings (SSSR count). The first-order valence-electron chi connectivity index (χ1n) is 6.31. The molecule has 0 radical (unpaired) electrons. The van der Waals surface area contributed by atoms with Crippen molar-refractivity contribution < 1.29 is 19.5 Å². The first-order valence-corrected chi connectivity index (χ1v) is 7.19. The third kappa shape index (κ3) is 4.02. The van der Waals surface area contributed by atoms with Gasteiger partial charge in [0, 0.05) is 18.2 Å². The second-order valence-corrected chi connectivity index (χ2v) is 5.40. The van der Waals surface area contributed by atoms with Crippen molar-refractivity contribution in [3.8, 4) is 0 Å². The van der Waals surface area contributed by atoms with Crippen LogP contribution in [-0.2, 0) is 20.8 Å². The third-order valence-electron chi connectivity index (χ3n) is 2.92. The molecule has 1 saturated heterocycles. The summed E-state index contributed by atoms with van der Waals surface area (Å²) in [4.78, 5) is 37.5. The highest BCUT2D eigenvalue weighted by atomic mass is 32.1. The van der Waals surface area contributed by atoms with Crippen molar-refractivity contribution in [2.75, 3.05) is 5.32 Å². The Morgan fingerprint density at radius 2 is 2.35 bits per heavy atom. The van der Waals surface area contributed by atoms with E-state index in [9.17, 15) is 14.4 Å². The van der Waals surface area contributed by atoms with Crippen LogP contribution in [0.2, 0.25) is 0 Å². The van der Waals surface area contributed by atoms with E-state index in [4.69, 9.17) is 5.11 Å². The Hall–Kier alpha value is -1.96. The van der Waals surface area contributed by atoms with Gasteiger partial charge in [-0.25, -0.2) is 4.98 Å². The summed E-state index contributed by atoms with van der Waals surface area (Å²) in [7, 11) is 0. The van der Waals surface area contributed by atoms with E-state index >= 15 is 0 Å². The average molecular weight is 297 g/mol. The van der Waals surface area contributed by atoms with E-state index in [-0.39, 0.29) is 18.2 Å². The summed E-state index contributed by atoms with van der Waals surface area (Å²) in [5.74, 6) is -1.20. The van der Waals surface area contributed by atoms with Crippen LogP contribution in [0.25, 0.3) is 0 Å². The fraction of sp³-hybridized carbons (Fsp3) is 0.500. The molecule has 1 fully saturated rings. The highest BCUT2D eigenvalue weighted by Gasteiger charge is 2.27. The van der Waals surface area contributed by atoms with E-state index in [1.165, 1.54) is 11.3 Å². The number of hydrogen-bond donors (Lipinski definition) is 3. The molecule has 108 valence electrons. The number of nitrogens with zero attached hydrogens (tertiary/aromatic N) is 1. The zero-order chi connectivity index (χ0) is 14.5. The molecule has 1 atom stereocenters. The van der Waals surface area contributed by atoms with Gasteiger partial charge < -0.3 is 15.7 Å². The summed E-state index contributed by atoms with van der Waals surface area (Å²) in [5.41, 5.74) is 0.766. The van der Waals surface area contributed by atoms with Gasteiger partial charge in [0.15, 0.2) is 5.13 Å². The van der Waals surface area contributed by atoms with E-state index in [0.29, 0.717) is 30.8 Å². The minimum absolute atomic E-state index is 0.104. The summed E-state index contributed by atoms with van der Waals surface area (Å²) in [6, 6.07) is -0.484. The monoisotopic (exact) mass is 297 g/mol. The van der Waals surface area contributed by atoms with Crippen LogP contribution in [0.4, 0.5) is 5.13 Å². The van der Waals surface area contributed by atoms with E-state index in [0.717, 1.165) is 5.69 Å². The lowest BCUT2D eigenvalue weighted by molar-refractivity contribution is -0.137. The average Bonchev–Trinajstić information content (AvgIpc) is 2.98. The van der Waals surface area contributed by atoms with E-state index < -0.39 is 12.0 Å². The van der Waals surface area contributed by atoms with E-state index in [1.807, 2.05) is 0 Å². The molecule has 3 N–H and O–H groups in total. The van der Waals surface area contributed by atoms with Crippen molar-refractivity contribution in [1.82, 2.24) is 10.3 Å². The number of carbonyl (C=O) groups excluding carboxylic acids is 2. The first kappa shape index (κ1) is 14.4. The van der Waals surface area contributed by atoms with Crippen molar-refractivity contribution in [3.05, 3.63) is 11.1 Å². The number of hydrogen-bond acceptors (Lipinski definition) is 5. The summed E-state index contributed by atoms with van der Waals surface area (Å²) >= 11 is 1.29. The minimum Gasteiger partial charge on any atom is -0.481 e. The van der Waals surface area contributed by atoms with Gasteiger partial charge in [-0.3, -0.25) is 14.4 Å². The molecule has 1 aliphatic heterocycles. The molecule has 1 aliphatic rings. The molecule has 1 aromatic rings. The molecule has 0 aliphatic carbocycles. The predicted molar refractivity (Wildman–Crippen MR) is 72.5 cm³/mol. The van der Waals surface area contributed by atoms with Gasteiger partial charge in [0.05, 0.1) is 5.69 Å². The molecule has 20 heavy (non-hydrogen) atoms. The van der Waals surface area contributed by atoms with Crippen LogP contribution in [0.15, 0.2) is 5.38 Å². The number of carboxylic acid groups (broad SMARTS) is 1. The maximum atomic E-state index is 11.8. The molecule has 0 unspecified atom stereocenters. The molecular formula is C12H15N3O4S. The molecule has 2 amide bonds. The van der Waals surface area contributed by atoms with Gasteiger partial charge in [0.2, 0.25) is 11.8 Å². The Labute approximate surface area is 119 Å². The Morgan fingerprint density at radius 3 is 3.00 bits per heavy atom. The number of amides is 2. The van der Waals surface area contributed by atoms with Crippen LogP contribution in [-0.4, -0.2) is 33.9 Å². The van der Waals surface area contributed by atoms with Gasteiger partial charge in [-0.2, -0.15) is 0 Å². The van der Waals surface area contributed by atoms with Gasteiger partial charge in [-0.05, 0) is 19.3 Å². The number of aromatic nitrogens is 1. The SMILES string of the molecule is O=C(O)CCCc1csc(NC(=O)[C@H]2CCC(=O)N2)n1.